The van der Waals surface area contributed by atoms with Crippen molar-refractivity contribution in [3.63, 3.8) is 0 Å². The molecule has 0 spiro atoms. The second-order valence-electron chi connectivity index (χ2n) is 9.44. The zero-order valence-corrected chi connectivity index (χ0v) is 21.0. The molecule has 2 aromatic rings. The lowest BCUT2D eigenvalue weighted by Crippen LogP contribution is -2.53. The van der Waals surface area contributed by atoms with Gasteiger partial charge in [0.1, 0.15) is 5.75 Å². The van der Waals surface area contributed by atoms with Crippen molar-refractivity contribution in [3.05, 3.63) is 64.1 Å². The van der Waals surface area contributed by atoms with Crippen LogP contribution in [-0.2, 0) is 4.79 Å². The molecule has 2 aromatic carbocycles. The molecule has 0 aliphatic carbocycles. The summed E-state index contributed by atoms with van der Waals surface area (Å²) in [6.07, 6.45) is 2.00. The number of piperidine rings is 1. The molecule has 2 aliphatic heterocycles. The maximum absolute atomic E-state index is 13.3. The molecule has 0 radical (unpaired) electrons. The smallest absolute Gasteiger partial charge is 0.253 e. The Morgan fingerprint density at radius 2 is 1.50 bits per heavy atom. The minimum atomic E-state index is -0.458. The fraction of sp³-hybridized carbons (Fsp3) is 0.462. The van der Waals surface area contributed by atoms with Gasteiger partial charge in [0.25, 0.3) is 5.91 Å². The first-order valence-corrected chi connectivity index (χ1v) is 12.5. The number of piperazine rings is 1. The second-order valence-corrected chi connectivity index (χ2v) is 10.3. The van der Waals surface area contributed by atoms with Crippen LogP contribution in [0.3, 0.4) is 0 Å². The molecule has 0 bridgehead atoms. The molecule has 0 aromatic heterocycles. The fourth-order valence-corrected chi connectivity index (χ4v) is 4.98. The molecule has 34 heavy (non-hydrogen) atoms. The molecule has 6 nitrogen and oxygen atoms in total. The monoisotopic (exact) mass is 503 g/mol. The molecule has 1 atom stereocenters. The number of amides is 2. The Kier molecular flexibility index (Phi) is 8.02. The topological polar surface area (TPSA) is 53.1 Å². The summed E-state index contributed by atoms with van der Waals surface area (Å²) in [5, 5.41) is 1.24. The van der Waals surface area contributed by atoms with E-state index in [1.165, 1.54) is 0 Å². The van der Waals surface area contributed by atoms with Crippen LogP contribution in [0.4, 0.5) is 0 Å². The van der Waals surface area contributed by atoms with Gasteiger partial charge in [-0.3, -0.25) is 9.59 Å². The van der Waals surface area contributed by atoms with Gasteiger partial charge in [-0.1, -0.05) is 23.2 Å². The first-order valence-electron chi connectivity index (χ1n) is 11.7. The Balaban J connectivity index is 1.51. The number of ether oxygens (including phenoxy) is 1. The predicted octanol–water partition coefficient (Wildman–Crippen LogP) is 4.46. The van der Waals surface area contributed by atoms with E-state index in [-0.39, 0.29) is 11.8 Å². The molecule has 2 amide bonds. The first-order chi connectivity index (χ1) is 16.3. The number of halogens is 2. The summed E-state index contributed by atoms with van der Waals surface area (Å²) in [4.78, 5) is 32.6. The fourth-order valence-electron chi connectivity index (χ4n) is 4.73. The van der Waals surface area contributed by atoms with E-state index >= 15 is 0 Å². The molecule has 4 rings (SSSR count). The van der Waals surface area contributed by atoms with Crippen LogP contribution >= 0.6 is 23.2 Å². The SMILES string of the molecule is CN1CCN(C(=O)CC2(COc3ccc(Cl)cc3)CCCN(C(=O)c3ccc(Cl)cc3)C2)CC1. The van der Waals surface area contributed by atoms with Crippen LogP contribution in [0.25, 0.3) is 0 Å². The molecule has 2 heterocycles. The van der Waals surface area contributed by atoms with E-state index < -0.39 is 5.41 Å². The number of rotatable bonds is 6. The van der Waals surface area contributed by atoms with Crippen LogP contribution in [0.5, 0.6) is 5.75 Å². The van der Waals surface area contributed by atoms with Crippen molar-refractivity contribution in [2.24, 2.45) is 5.41 Å². The zero-order chi connectivity index (χ0) is 24.1. The van der Waals surface area contributed by atoms with Crippen LogP contribution in [0.15, 0.2) is 48.5 Å². The lowest BCUT2D eigenvalue weighted by molar-refractivity contribution is -0.137. The largest absolute Gasteiger partial charge is 0.493 e. The minimum absolute atomic E-state index is 0.0423. The highest BCUT2D eigenvalue weighted by Crippen LogP contribution is 2.36. The van der Waals surface area contributed by atoms with Crippen molar-refractivity contribution >= 4 is 35.0 Å². The summed E-state index contributed by atoms with van der Waals surface area (Å²) < 4.78 is 6.17. The Labute approximate surface area is 211 Å². The van der Waals surface area contributed by atoms with Crippen LogP contribution in [0, 0.1) is 5.41 Å². The number of nitrogens with zero attached hydrogens (tertiary/aromatic N) is 3. The maximum Gasteiger partial charge on any atom is 0.253 e. The number of carbonyl (C=O) groups is 2. The van der Waals surface area contributed by atoms with Gasteiger partial charge in [-0.2, -0.15) is 0 Å². The number of benzene rings is 2. The summed E-state index contributed by atoms with van der Waals surface area (Å²) in [7, 11) is 2.07. The summed E-state index contributed by atoms with van der Waals surface area (Å²) in [6, 6.07) is 14.2. The predicted molar refractivity (Wildman–Crippen MR) is 135 cm³/mol. The minimum Gasteiger partial charge on any atom is -0.493 e. The highest BCUT2D eigenvalue weighted by molar-refractivity contribution is 6.30. The number of hydrogen-bond donors (Lipinski definition) is 0. The van der Waals surface area contributed by atoms with Gasteiger partial charge in [-0.25, -0.2) is 0 Å². The van der Waals surface area contributed by atoms with E-state index in [0.717, 1.165) is 39.0 Å². The second kappa shape index (κ2) is 11.0. The van der Waals surface area contributed by atoms with E-state index in [9.17, 15) is 9.59 Å². The van der Waals surface area contributed by atoms with E-state index in [4.69, 9.17) is 27.9 Å². The van der Waals surface area contributed by atoms with E-state index in [1.54, 1.807) is 36.4 Å². The first kappa shape index (κ1) is 24.8. The summed E-state index contributed by atoms with van der Waals surface area (Å²) in [6.45, 7) is 4.71. The van der Waals surface area contributed by atoms with Crippen molar-refractivity contribution in [2.75, 3.05) is 52.9 Å². The standard InChI is InChI=1S/C26H31Cl2N3O3/c1-29-13-15-30(16-14-29)24(32)17-26(19-34-23-9-7-22(28)8-10-23)11-2-12-31(18-26)25(33)20-3-5-21(27)6-4-20/h3-10H,2,11-19H2,1H3. The van der Waals surface area contributed by atoms with Crippen molar-refractivity contribution in [1.82, 2.24) is 14.7 Å². The molecular weight excluding hydrogens is 473 g/mol. The number of hydrogen-bond acceptors (Lipinski definition) is 4. The lowest BCUT2D eigenvalue weighted by atomic mass is 9.77. The third-order valence-electron chi connectivity index (χ3n) is 6.78. The van der Waals surface area contributed by atoms with Crippen LogP contribution in [-0.4, -0.2) is 79.4 Å². The molecule has 182 valence electrons. The highest BCUT2D eigenvalue weighted by atomic mass is 35.5. The van der Waals surface area contributed by atoms with Crippen molar-refractivity contribution in [1.29, 1.82) is 0 Å². The van der Waals surface area contributed by atoms with E-state index in [1.807, 2.05) is 21.9 Å². The summed E-state index contributed by atoms with van der Waals surface area (Å²) >= 11 is 12.0. The molecule has 2 saturated heterocycles. The zero-order valence-electron chi connectivity index (χ0n) is 19.5. The van der Waals surface area contributed by atoms with E-state index in [2.05, 4.69) is 11.9 Å². The van der Waals surface area contributed by atoms with Gasteiger partial charge in [0.2, 0.25) is 5.91 Å². The van der Waals surface area contributed by atoms with Gasteiger partial charge in [0, 0.05) is 66.7 Å². The van der Waals surface area contributed by atoms with Crippen LogP contribution in [0.1, 0.15) is 29.6 Å². The average Bonchev–Trinajstić information content (AvgIpc) is 2.84. The Morgan fingerprint density at radius 3 is 2.15 bits per heavy atom. The molecule has 2 fully saturated rings. The normalized spacial score (nSPS) is 21.4. The van der Waals surface area contributed by atoms with Gasteiger partial charge in [-0.05, 0) is 68.4 Å². The summed E-state index contributed by atoms with van der Waals surface area (Å²) in [5.41, 5.74) is 0.143. The third kappa shape index (κ3) is 6.23. The summed E-state index contributed by atoms with van der Waals surface area (Å²) in [5.74, 6) is 0.796. The number of carbonyl (C=O) groups excluding carboxylic acids is 2. The Hall–Kier alpha value is -2.28. The Morgan fingerprint density at radius 1 is 0.882 bits per heavy atom. The van der Waals surface area contributed by atoms with E-state index in [0.29, 0.717) is 47.5 Å². The van der Waals surface area contributed by atoms with Gasteiger partial charge in [0.05, 0.1) is 6.61 Å². The number of likely N-dealkylation sites (tertiary alicyclic amines) is 1. The lowest BCUT2D eigenvalue weighted by Gasteiger charge is -2.43. The molecule has 0 N–H and O–H groups in total. The van der Waals surface area contributed by atoms with Gasteiger partial charge >= 0.3 is 0 Å². The average molecular weight is 504 g/mol. The quantitative estimate of drug-likeness (QED) is 0.583. The number of likely N-dealkylation sites (N-methyl/N-ethyl adjacent to an activating group) is 1. The van der Waals surface area contributed by atoms with Crippen molar-refractivity contribution < 1.29 is 14.3 Å². The van der Waals surface area contributed by atoms with Gasteiger partial charge in [-0.15, -0.1) is 0 Å². The van der Waals surface area contributed by atoms with Gasteiger partial charge in [0.15, 0.2) is 0 Å². The molecule has 2 aliphatic rings. The van der Waals surface area contributed by atoms with Crippen LogP contribution in [0.2, 0.25) is 10.0 Å². The molecule has 0 saturated carbocycles. The van der Waals surface area contributed by atoms with Crippen LogP contribution < -0.4 is 4.74 Å². The van der Waals surface area contributed by atoms with Crippen molar-refractivity contribution in [3.8, 4) is 5.75 Å². The Bertz CT molecular complexity index is 991. The molecule has 8 heteroatoms. The van der Waals surface area contributed by atoms with Crippen molar-refractivity contribution in [2.45, 2.75) is 19.3 Å². The molecule has 1 unspecified atom stereocenters. The van der Waals surface area contributed by atoms with Gasteiger partial charge < -0.3 is 19.4 Å². The third-order valence-corrected chi connectivity index (χ3v) is 7.28. The highest BCUT2D eigenvalue weighted by Gasteiger charge is 2.41. The molecular formula is C26H31Cl2N3O3. The maximum atomic E-state index is 13.3.